The van der Waals surface area contributed by atoms with E-state index in [-0.39, 0.29) is 18.9 Å². The second kappa shape index (κ2) is 7.44. The fourth-order valence-electron chi connectivity index (χ4n) is 1.59. The third kappa shape index (κ3) is 4.33. The summed E-state index contributed by atoms with van der Waals surface area (Å²) >= 11 is 5.74. The molecule has 0 spiro atoms. The van der Waals surface area contributed by atoms with E-state index in [1.54, 1.807) is 0 Å². The van der Waals surface area contributed by atoms with E-state index in [1.807, 2.05) is 0 Å². The van der Waals surface area contributed by atoms with E-state index in [4.69, 9.17) is 21.1 Å². The van der Waals surface area contributed by atoms with Crippen molar-refractivity contribution in [2.75, 3.05) is 13.2 Å². The molecule has 0 saturated carbocycles. The van der Waals surface area contributed by atoms with Crippen LogP contribution in [0.3, 0.4) is 0 Å². The molecule has 0 aliphatic heterocycles. The third-order valence-corrected chi connectivity index (χ3v) is 2.82. The van der Waals surface area contributed by atoms with Crippen molar-refractivity contribution in [1.29, 1.82) is 0 Å². The molecule has 0 N–H and O–H groups in total. The van der Waals surface area contributed by atoms with Crippen LogP contribution in [-0.4, -0.2) is 30.1 Å². The summed E-state index contributed by atoms with van der Waals surface area (Å²) in [5.74, 6) is -3.61. The molecule has 0 aromatic carbocycles. The minimum atomic E-state index is -4.64. The lowest BCUT2D eigenvalue weighted by Gasteiger charge is -2.16. The van der Waals surface area contributed by atoms with Crippen LogP contribution < -0.4 is 0 Å². The zero-order chi connectivity index (χ0) is 16.9. The molecule has 0 atom stereocenters. The molecular formula is C13H13ClF3NO4. The Morgan fingerprint density at radius 1 is 1.23 bits per heavy atom. The van der Waals surface area contributed by atoms with Gasteiger partial charge in [0.1, 0.15) is 0 Å². The first-order valence-corrected chi connectivity index (χ1v) is 6.66. The molecule has 22 heavy (non-hydrogen) atoms. The molecule has 9 heteroatoms. The number of aromatic nitrogens is 1. The predicted molar refractivity (Wildman–Crippen MR) is 70.3 cm³/mol. The number of carbonyl (C=O) groups excluding carboxylic acids is 2. The van der Waals surface area contributed by atoms with Crippen molar-refractivity contribution < 1.29 is 32.2 Å². The average Bonchev–Trinajstić information content (AvgIpc) is 2.40. The van der Waals surface area contributed by atoms with Crippen LogP contribution in [0.2, 0.25) is 5.02 Å². The highest BCUT2D eigenvalue weighted by Gasteiger charge is 2.37. The maximum absolute atomic E-state index is 12.6. The molecule has 1 heterocycles. The lowest BCUT2D eigenvalue weighted by atomic mass is 10.0. The Bertz CT molecular complexity index is 545. The summed E-state index contributed by atoms with van der Waals surface area (Å²) in [6.07, 6.45) is -4.15. The first kappa shape index (κ1) is 18.2. The summed E-state index contributed by atoms with van der Waals surface area (Å²) < 4.78 is 47.2. The first-order valence-electron chi connectivity index (χ1n) is 6.28. The van der Waals surface area contributed by atoms with Gasteiger partial charge in [-0.05, 0) is 19.9 Å². The molecule has 0 radical (unpaired) electrons. The quantitative estimate of drug-likeness (QED) is 0.609. The summed E-state index contributed by atoms with van der Waals surface area (Å²) in [5, 5.41) is -0.471. The van der Waals surface area contributed by atoms with Gasteiger partial charge in [-0.2, -0.15) is 13.2 Å². The van der Waals surface area contributed by atoms with E-state index in [9.17, 15) is 22.8 Å². The van der Waals surface area contributed by atoms with Crippen molar-refractivity contribution >= 4 is 23.5 Å². The summed E-state index contributed by atoms with van der Waals surface area (Å²) in [6.45, 7) is 2.99. The van der Waals surface area contributed by atoms with Gasteiger partial charge in [0.2, 0.25) is 0 Å². The number of ether oxygens (including phenoxy) is 2. The molecule has 0 bridgehead atoms. The SMILES string of the molecule is CCOC(=O)C(C(=O)OCC)c1ncc(C(F)(F)F)cc1Cl. The van der Waals surface area contributed by atoms with E-state index < -0.39 is 34.6 Å². The maximum atomic E-state index is 12.6. The van der Waals surface area contributed by atoms with Crippen molar-refractivity contribution in [2.45, 2.75) is 25.9 Å². The fraction of sp³-hybridized carbons (Fsp3) is 0.462. The van der Waals surface area contributed by atoms with Crippen LogP contribution in [0.1, 0.15) is 31.0 Å². The van der Waals surface area contributed by atoms with Gasteiger partial charge in [0, 0.05) is 6.20 Å². The Balaban J connectivity index is 3.25. The van der Waals surface area contributed by atoms with Gasteiger partial charge in [-0.15, -0.1) is 0 Å². The number of alkyl halides is 3. The lowest BCUT2D eigenvalue weighted by Crippen LogP contribution is -2.27. The molecule has 0 fully saturated rings. The van der Waals surface area contributed by atoms with Gasteiger partial charge in [0.05, 0.1) is 29.5 Å². The van der Waals surface area contributed by atoms with E-state index >= 15 is 0 Å². The number of pyridine rings is 1. The topological polar surface area (TPSA) is 65.5 Å². The van der Waals surface area contributed by atoms with Crippen LogP contribution in [0.25, 0.3) is 0 Å². The molecule has 0 aliphatic carbocycles. The van der Waals surface area contributed by atoms with E-state index in [0.29, 0.717) is 12.3 Å². The lowest BCUT2D eigenvalue weighted by molar-refractivity contribution is -0.157. The van der Waals surface area contributed by atoms with E-state index in [2.05, 4.69) is 4.98 Å². The first-order chi connectivity index (χ1) is 10.2. The largest absolute Gasteiger partial charge is 0.465 e. The van der Waals surface area contributed by atoms with Crippen LogP contribution in [0, 0.1) is 0 Å². The smallest absolute Gasteiger partial charge is 0.417 e. The highest BCUT2D eigenvalue weighted by molar-refractivity contribution is 6.32. The Kier molecular flexibility index (Phi) is 6.16. The van der Waals surface area contributed by atoms with Crippen molar-refractivity contribution in [3.05, 3.63) is 28.5 Å². The van der Waals surface area contributed by atoms with Crippen molar-refractivity contribution in [3.8, 4) is 0 Å². The van der Waals surface area contributed by atoms with Gasteiger partial charge in [0.25, 0.3) is 0 Å². The number of esters is 2. The molecule has 5 nitrogen and oxygen atoms in total. The van der Waals surface area contributed by atoms with Crippen LogP contribution in [0.5, 0.6) is 0 Å². The number of rotatable bonds is 5. The molecule has 1 aromatic rings. The Hall–Kier alpha value is -1.83. The predicted octanol–water partition coefficient (Wildman–Crippen LogP) is 2.96. The Morgan fingerprint density at radius 3 is 2.09 bits per heavy atom. The van der Waals surface area contributed by atoms with Crippen molar-refractivity contribution in [2.24, 2.45) is 0 Å². The van der Waals surface area contributed by atoms with Gasteiger partial charge >= 0.3 is 18.1 Å². The number of hydrogen-bond donors (Lipinski definition) is 0. The number of nitrogens with zero attached hydrogens (tertiary/aromatic N) is 1. The molecule has 0 amide bonds. The zero-order valence-corrected chi connectivity index (χ0v) is 12.5. The number of carbonyl (C=O) groups is 2. The van der Waals surface area contributed by atoms with Gasteiger partial charge in [-0.1, -0.05) is 11.6 Å². The van der Waals surface area contributed by atoms with E-state index in [0.717, 1.165) is 0 Å². The normalized spacial score (nSPS) is 11.4. The molecule has 1 aromatic heterocycles. The summed E-state index contributed by atoms with van der Waals surface area (Å²) in [6, 6.07) is 0.593. The molecule has 1 rings (SSSR count). The molecular weight excluding hydrogens is 327 g/mol. The van der Waals surface area contributed by atoms with Crippen LogP contribution in [-0.2, 0) is 25.2 Å². The molecule has 0 unspecified atom stereocenters. The van der Waals surface area contributed by atoms with Gasteiger partial charge in [-0.3, -0.25) is 14.6 Å². The highest BCUT2D eigenvalue weighted by atomic mass is 35.5. The molecule has 0 saturated heterocycles. The fourth-order valence-corrected chi connectivity index (χ4v) is 1.86. The van der Waals surface area contributed by atoms with Crippen LogP contribution >= 0.6 is 11.6 Å². The highest BCUT2D eigenvalue weighted by Crippen LogP contribution is 2.33. The average molecular weight is 340 g/mol. The van der Waals surface area contributed by atoms with Crippen LogP contribution in [0.4, 0.5) is 13.2 Å². The van der Waals surface area contributed by atoms with Gasteiger partial charge < -0.3 is 9.47 Å². The number of halogens is 4. The summed E-state index contributed by atoms with van der Waals surface area (Å²) in [5.41, 5.74) is -1.43. The Morgan fingerprint density at radius 2 is 1.73 bits per heavy atom. The second-order valence-electron chi connectivity index (χ2n) is 4.03. The summed E-state index contributed by atoms with van der Waals surface area (Å²) in [7, 11) is 0. The van der Waals surface area contributed by atoms with Gasteiger partial charge in [-0.25, -0.2) is 0 Å². The Labute approximate surface area is 129 Å². The van der Waals surface area contributed by atoms with E-state index in [1.165, 1.54) is 13.8 Å². The minimum absolute atomic E-state index is 0.0208. The third-order valence-electron chi connectivity index (χ3n) is 2.52. The number of hydrogen-bond acceptors (Lipinski definition) is 5. The van der Waals surface area contributed by atoms with Crippen LogP contribution in [0.15, 0.2) is 12.3 Å². The van der Waals surface area contributed by atoms with Crippen molar-refractivity contribution in [1.82, 2.24) is 4.98 Å². The standard InChI is InChI=1S/C13H13ClF3NO4/c1-3-21-11(19)9(12(20)22-4-2)10-8(14)5-7(6-18-10)13(15,16)17/h5-6,9H,3-4H2,1-2H3. The summed E-state index contributed by atoms with van der Waals surface area (Å²) in [4.78, 5) is 27.2. The minimum Gasteiger partial charge on any atom is -0.465 e. The molecule has 122 valence electrons. The maximum Gasteiger partial charge on any atom is 0.417 e. The zero-order valence-electron chi connectivity index (χ0n) is 11.7. The van der Waals surface area contributed by atoms with Crippen molar-refractivity contribution in [3.63, 3.8) is 0 Å². The monoisotopic (exact) mass is 339 g/mol. The second-order valence-corrected chi connectivity index (χ2v) is 4.43. The molecule has 0 aliphatic rings. The van der Waals surface area contributed by atoms with Gasteiger partial charge in [0.15, 0.2) is 5.92 Å².